The van der Waals surface area contributed by atoms with Gasteiger partial charge in [-0.3, -0.25) is 15.0 Å². The molecule has 7 nitrogen and oxygen atoms in total. The molecule has 2 N–H and O–H groups in total. The van der Waals surface area contributed by atoms with E-state index in [9.17, 15) is 0 Å². The lowest BCUT2D eigenvalue weighted by molar-refractivity contribution is 0.220. The number of anilines is 1. The van der Waals surface area contributed by atoms with Gasteiger partial charge in [-0.25, -0.2) is 4.98 Å². The molecule has 5 rings (SSSR count). The SMILES string of the molecule is N#Cc1ccc(NCc2[nH]nc3ccc(-c4cncc(CN5CCCCC5)c4)cc23)cn1. The molecule has 0 bridgehead atoms. The summed E-state index contributed by atoms with van der Waals surface area (Å²) in [6.07, 6.45) is 9.51. The molecule has 0 unspecified atom stereocenters. The minimum absolute atomic E-state index is 0.406. The van der Waals surface area contributed by atoms with Crippen molar-refractivity contribution in [1.29, 1.82) is 5.26 Å². The molecule has 1 aromatic carbocycles. The highest BCUT2D eigenvalue weighted by Crippen LogP contribution is 2.26. The van der Waals surface area contributed by atoms with Crippen molar-refractivity contribution in [3.8, 4) is 17.2 Å². The molecule has 7 heteroatoms. The first-order valence-electron chi connectivity index (χ1n) is 11.0. The van der Waals surface area contributed by atoms with Gasteiger partial charge in [-0.2, -0.15) is 10.4 Å². The lowest BCUT2D eigenvalue weighted by Crippen LogP contribution is -2.29. The summed E-state index contributed by atoms with van der Waals surface area (Å²) in [5, 5.41) is 20.9. The minimum atomic E-state index is 0.406. The highest BCUT2D eigenvalue weighted by atomic mass is 15.1. The number of rotatable bonds is 6. The summed E-state index contributed by atoms with van der Waals surface area (Å²) in [5.74, 6) is 0. The normalized spacial score (nSPS) is 14.3. The molecule has 0 atom stereocenters. The minimum Gasteiger partial charge on any atom is -0.378 e. The van der Waals surface area contributed by atoms with Crippen LogP contribution in [0.4, 0.5) is 5.69 Å². The molecular formula is C25H25N7. The molecule has 0 radical (unpaired) electrons. The van der Waals surface area contributed by atoms with Crippen molar-refractivity contribution >= 4 is 16.6 Å². The topological polar surface area (TPSA) is 93.5 Å². The molecule has 1 aliphatic rings. The summed E-state index contributed by atoms with van der Waals surface area (Å²) < 4.78 is 0. The Kier molecular flexibility index (Phi) is 5.77. The van der Waals surface area contributed by atoms with Crippen LogP contribution in [0.25, 0.3) is 22.0 Å². The van der Waals surface area contributed by atoms with Gasteiger partial charge in [-0.15, -0.1) is 0 Å². The van der Waals surface area contributed by atoms with Crippen LogP contribution in [0.2, 0.25) is 0 Å². The lowest BCUT2D eigenvalue weighted by Gasteiger charge is -2.26. The molecule has 1 saturated heterocycles. The first-order valence-corrected chi connectivity index (χ1v) is 11.0. The van der Waals surface area contributed by atoms with Crippen LogP contribution in [0.5, 0.6) is 0 Å². The van der Waals surface area contributed by atoms with E-state index in [1.54, 1.807) is 12.3 Å². The Morgan fingerprint density at radius 2 is 1.91 bits per heavy atom. The number of hydrogen-bond acceptors (Lipinski definition) is 6. The van der Waals surface area contributed by atoms with Gasteiger partial charge in [0, 0.05) is 29.9 Å². The van der Waals surface area contributed by atoms with E-state index in [1.807, 2.05) is 30.6 Å². The van der Waals surface area contributed by atoms with Crippen LogP contribution in [0, 0.1) is 11.3 Å². The van der Waals surface area contributed by atoms with E-state index in [2.05, 4.69) is 48.6 Å². The third-order valence-corrected chi connectivity index (χ3v) is 5.96. The lowest BCUT2D eigenvalue weighted by atomic mass is 10.0. The van der Waals surface area contributed by atoms with E-state index in [4.69, 9.17) is 5.26 Å². The summed E-state index contributed by atoms with van der Waals surface area (Å²) in [4.78, 5) is 11.1. The largest absolute Gasteiger partial charge is 0.378 e. The second-order valence-corrected chi connectivity index (χ2v) is 8.25. The molecule has 1 aliphatic heterocycles. The Morgan fingerprint density at radius 3 is 2.72 bits per heavy atom. The van der Waals surface area contributed by atoms with Gasteiger partial charge in [-0.05, 0) is 67.4 Å². The maximum atomic E-state index is 8.89. The van der Waals surface area contributed by atoms with Crippen LogP contribution in [0.3, 0.4) is 0 Å². The number of H-pyrrole nitrogens is 1. The van der Waals surface area contributed by atoms with E-state index in [0.29, 0.717) is 12.2 Å². The van der Waals surface area contributed by atoms with Crippen molar-refractivity contribution < 1.29 is 0 Å². The number of nitrogens with one attached hydrogen (secondary N) is 2. The predicted molar refractivity (Wildman–Crippen MR) is 125 cm³/mol. The highest BCUT2D eigenvalue weighted by Gasteiger charge is 2.12. The van der Waals surface area contributed by atoms with Gasteiger partial charge < -0.3 is 5.32 Å². The van der Waals surface area contributed by atoms with Gasteiger partial charge in [0.05, 0.1) is 29.6 Å². The first-order chi connectivity index (χ1) is 15.8. The summed E-state index contributed by atoms with van der Waals surface area (Å²) in [6, 6.07) is 14.2. The summed E-state index contributed by atoms with van der Waals surface area (Å²) in [6.45, 7) is 3.90. The fourth-order valence-corrected chi connectivity index (χ4v) is 4.24. The average molecular weight is 424 g/mol. The van der Waals surface area contributed by atoms with Crippen molar-refractivity contribution in [2.75, 3.05) is 18.4 Å². The fourth-order valence-electron chi connectivity index (χ4n) is 4.24. The number of nitriles is 1. The standard InChI is InChI=1S/C25H25N7/c26-12-21-5-6-22(15-28-21)29-16-25-23-11-19(4-7-24(23)30-31-25)20-10-18(13-27-14-20)17-32-8-2-1-3-9-32/h4-7,10-11,13-15,29H,1-3,8-9,16-17H2,(H,30,31). The second kappa shape index (κ2) is 9.16. The number of benzene rings is 1. The van der Waals surface area contributed by atoms with Gasteiger partial charge in [0.2, 0.25) is 0 Å². The molecule has 160 valence electrons. The van der Waals surface area contributed by atoms with Crippen LogP contribution in [0.15, 0.2) is 55.0 Å². The van der Waals surface area contributed by atoms with E-state index < -0.39 is 0 Å². The molecule has 0 saturated carbocycles. The number of nitrogens with zero attached hydrogens (tertiary/aromatic N) is 5. The van der Waals surface area contributed by atoms with Gasteiger partial charge >= 0.3 is 0 Å². The average Bonchev–Trinajstić information content (AvgIpc) is 3.26. The zero-order valence-corrected chi connectivity index (χ0v) is 17.9. The number of pyridine rings is 2. The number of fused-ring (bicyclic) bond motifs is 1. The first kappa shape index (κ1) is 20.2. The van der Waals surface area contributed by atoms with E-state index in [-0.39, 0.29) is 0 Å². The summed E-state index contributed by atoms with van der Waals surface area (Å²) >= 11 is 0. The molecule has 1 fully saturated rings. The van der Waals surface area contributed by atoms with Crippen LogP contribution in [-0.4, -0.2) is 38.2 Å². The van der Waals surface area contributed by atoms with E-state index in [0.717, 1.165) is 40.0 Å². The highest BCUT2D eigenvalue weighted by molar-refractivity contribution is 5.86. The van der Waals surface area contributed by atoms with Crippen LogP contribution >= 0.6 is 0 Å². The molecule has 0 spiro atoms. The zero-order chi connectivity index (χ0) is 21.8. The summed E-state index contributed by atoms with van der Waals surface area (Å²) in [7, 11) is 0. The number of likely N-dealkylation sites (tertiary alicyclic amines) is 1. The predicted octanol–water partition coefficient (Wildman–Crippen LogP) is 4.49. The maximum Gasteiger partial charge on any atom is 0.140 e. The van der Waals surface area contributed by atoms with Crippen molar-refractivity contribution in [2.24, 2.45) is 0 Å². The quantitative estimate of drug-likeness (QED) is 0.475. The molecular weight excluding hydrogens is 398 g/mol. The molecule has 3 aromatic heterocycles. The molecule has 0 amide bonds. The number of hydrogen-bond donors (Lipinski definition) is 2. The Hall–Kier alpha value is -3.76. The van der Waals surface area contributed by atoms with Crippen molar-refractivity contribution in [1.82, 2.24) is 25.1 Å². The number of piperidine rings is 1. The van der Waals surface area contributed by atoms with Crippen molar-refractivity contribution in [3.05, 3.63) is 71.9 Å². The Morgan fingerprint density at radius 1 is 1.00 bits per heavy atom. The van der Waals surface area contributed by atoms with Gasteiger partial charge in [0.1, 0.15) is 11.8 Å². The molecule has 4 heterocycles. The molecule has 0 aliphatic carbocycles. The molecule has 32 heavy (non-hydrogen) atoms. The Labute approximate surface area is 187 Å². The smallest absolute Gasteiger partial charge is 0.140 e. The third-order valence-electron chi connectivity index (χ3n) is 5.96. The van der Waals surface area contributed by atoms with Crippen molar-refractivity contribution in [2.45, 2.75) is 32.4 Å². The van der Waals surface area contributed by atoms with E-state index in [1.165, 1.54) is 37.9 Å². The summed E-state index contributed by atoms with van der Waals surface area (Å²) in [5.41, 5.74) is 6.71. The van der Waals surface area contributed by atoms with E-state index >= 15 is 0 Å². The molecule has 4 aromatic rings. The number of aromatic nitrogens is 4. The fraction of sp³-hybridized carbons (Fsp3) is 0.280. The van der Waals surface area contributed by atoms with Crippen LogP contribution in [0.1, 0.15) is 36.2 Å². The van der Waals surface area contributed by atoms with Gasteiger partial charge in [0.25, 0.3) is 0 Å². The Bertz CT molecular complexity index is 1250. The van der Waals surface area contributed by atoms with Gasteiger partial charge in [0.15, 0.2) is 0 Å². The van der Waals surface area contributed by atoms with Crippen LogP contribution < -0.4 is 5.32 Å². The zero-order valence-electron chi connectivity index (χ0n) is 17.9. The third kappa shape index (κ3) is 4.46. The number of aromatic amines is 1. The van der Waals surface area contributed by atoms with Crippen molar-refractivity contribution in [3.63, 3.8) is 0 Å². The maximum absolute atomic E-state index is 8.89. The van der Waals surface area contributed by atoms with Crippen LogP contribution in [-0.2, 0) is 13.1 Å². The Balaban J connectivity index is 1.35. The van der Waals surface area contributed by atoms with Gasteiger partial charge in [-0.1, -0.05) is 12.5 Å². The second-order valence-electron chi connectivity index (χ2n) is 8.25. The monoisotopic (exact) mass is 423 g/mol.